The molecule has 0 aromatic carbocycles. The van der Waals surface area contributed by atoms with Crippen LogP contribution in [0.25, 0.3) is 11.6 Å². The molecule has 3 heterocycles. The summed E-state index contributed by atoms with van der Waals surface area (Å²) in [4.78, 5) is 4.50. The molecule has 5 nitrogen and oxygen atoms in total. The van der Waals surface area contributed by atoms with Gasteiger partial charge in [0.15, 0.2) is 5.76 Å². The smallest absolute Gasteiger partial charge is 0.244 e. The fourth-order valence-corrected chi connectivity index (χ4v) is 2.68. The summed E-state index contributed by atoms with van der Waals surface area (Å²) in [5.41, 5.74) is 1.14. The second kappa shape index (κ2) is 4.49. The predicted octanol–water partition coefficient (Wildman–Crippen LogP) is 3.09. The second-order valence-electron chi connectivity index (χ2n) is 5.87. The van der Waals surface area contributed by atoms with Gasteiger partial charge in [0.25, 0.3) is 0 Å². The highest BCUT2D eigenvalue weighted by Crippen LogP contribution is 2.39. The molecule has 19 heavy (non-hydrogen) atoms. The number of aromatic nitrogens is 2. The van der Waals surface area contributed by atoms with E-state index in [2.05, 4.69) is 29.3 Å². The first-order valence-electron chi connectivity index (χ1n) is 6.69. The molecule has 2 aromatic heterocycles. The van der Waals surface area contributed by atoms with Gasteiger partial charge in [-0.1, -0.05) is 19.0 Å². The van der Waals surface area contributed by atoms with Crippen LogP contribution >= 0.6 is 0 Å². The third-order valence-electron chi connectivity index (χ3n) is 3.88. The molecule has 1 aliphatic rings. The van der Waals surface area contributed by atoms with Crippen molar-refractivity contribution in [2.24, 2.45) is 5.41 Å². The van der Waals surface area contributed by atoms with Crippen LogP contribution in [0.5, 0.6) is 0 Å². The number of hydrogen-bond donors (Lipinski definition) is 1. The average molecular weight is 261 g/mol. The first kappa shape index (κ1) is 12.4. The van der Waals surface area contributed by atoms with E-state index >= 15 is 0 Å². The molecule has 1 saturated heterocycles. The standard InChI is InChI=1S/C14H19N3O2/c1-9-5-8-18-10(9)12-16-13(19-17-12)11-14(2,3)6-4-7-15-11/h5,8,11,15H,4,6-7H2,1-3H3. The lowest BCUT2D eigenvalue weighted by Crippen LogP contribution is -2.39. The van der Waals surface area contributed by atoms with Crippen LogP contribution in [0, 0.1) is 12.3 Å². The summed E-state index contributed by atoms with van der Waals surface area (Å²) in [5.74, 6) is 1.86. The van der Waals surface area contributed by atoms with Crippen molar-refractivity contribution in [2.45, 2.75) is 39.7 Å². The maximum Gasteiger partial charge on any atom is 0.244 e. The molecule has 2 aromatic rings. The Morgan fingerprint density at radius 1 is 1.42 bits per heavy atom. The van der Waals surface area contributed by atoms with Gasteiger partial charge in [-0.2, -0.15) is 4.98 Å². The third kappa shape index (κ3) is 2.18. The Morgan fingerprint density at radius 2 is 2.26 bits per heavy atom. The van der Waals surface area contributed by atoms with Gasteiger partial charge in [-0.3, -0.25) is 0 Å². The minimum Gasteiger partial charge on any atom is -0.461 e. The molecule has 0 spiro atoms. The van der Waals surface area contributed by atoms with Gasteiger partial charge >= 0.3 is 0 Å². The zero-order chi connectivity index (χ0) is 13.5. The molecule has 1 fully saturated rings. The molecule has 0 bridgehead atoms. The molecule has 1 atom stereocenters. The highest BCUT2D eigenvalue weighted by Gasteiger charge is 2.37. The van der Waals surface area contributed by atoms with Crippen LogP contribution in [0.2, 0.25) is 0 Å². The molecular weight excluding hydrogens is 242 g/mol. The molecule has 3 rings (SSSR count). The van der Waals surface area contributed by atoms with Crippen molar-refractivity contribution in [1.82, 2.24) is 15.5 Å². The molecule has 102 valence electrons. The third-order valence-corrected chi connectivity index (χ3v) is 3.88. The van der Waals surface area contributed by atoms with E-state index in [1.807, 2.05) is 13.0 Å². The van der Waals surface area contributed by atoms with Crippen LogP contribution in [-0.4, -0.2) is 16.7 Å². The lowest BCUT2D eigenvalue weighted by Gasteiger charge is -2.36. The zero-order valence-corrected chi connectivity index (χ0v) is 11.6. The average Bonchev–Trinajstić information content (AvgIpc) is 2.97. The van der Waals surface area contributed by atoms with Crippen molar-refractivity contribution in [3.8, 4) is 11.6 Å². The van der Waals surface area contributed by atoms with E-state index in [1.54, 1.807) is 6.26 Å². The largest absolute Gasteiger partial charge is 0.461 e. The first-order chi connectivity index (χ1) is 9.08. The van der Waals surface area contributed by atoms with Crippen molar-refractivity contribution in [2.75, 3.05) is 6.54 Å². The molecule has 1 unspecified atom stereocenters. The van der Waals surface area contributed by atoms with E-state index in [-0.39, 0.29) is 11.5 Å². The Morgan fingerprint density at radius 3 is 2.95 bits per heavy atom. The Kier molecular flexibility index (Phi) is 2.93. The highest BCUT2D eigenvalue weighted by molar-refractivity contribution is 5.51. The van der Waals surface area contributed by atoms with Crippen molar-refractivity contribution >= 4 is 0 Å². The minimum absolute atomic E-state index is 0.109. The summed E-state index contributed by atoms with van der Waals surface area (Å²) in [5, 5.41) is 7.51. The molecule has 1 aliphatic heterocycles. The Labute approximate surface area is 112 Å². The Balaban J connectivity index is 1.91. The van der Waals surface area contributed by atoms with Gasteiger partial charge in [-0.05, 0) is 43.4 Å². The van der Waals surface area contributed by atoms with E-state index in [4.69, 9.17) is 8.94 Å². The molecule has 0 aliphatic carbocycles. The molecule has 0 amide bonds. The highest BCUT2D eigenvalue weighted by atomic mass is 16.5. The summed E-state index contributed by atoms with van der Waals surface area (Å²) in [6, 6.07) is 2.01. The first-order valence-corrected chi connectivity index (χ1v) is 6.69. The molecular formula is C14H19N3O2. The van der Waals surface area contributed by atoms with E-state index in [9.17, 15) is 0 Å². The maximum absolute atomic E-state index is 5.43. The summed E-state index contributed by atoms with van der Waals surface area (Å²) < 4.78 is 10.8. The summed E-state index contributed by atoms with van der Waals surface area (Å²) in [6.45, 7) is 7.42. The lowest BCUT2D eigenvalue weighted by atomic mass is 9.77. The summed E-state index contributed by atoms with van der Waals surface area (Å²) >= 11 is 0. The van der Waals surface area contributed by atoms with Gasteiger partial charge in [-0.15, -0.1) is 0 Å². The topological polar surface area (TPSA) is 64.1 Å². The quantitative estimate of drug-likeness (QED) is 0.900. The zero-order valence-electron chi connectivity index (χ0n) is 11.6. The fourth-order valence-electron chi connectivity index (χ4n) is 2.68. The van der Waals surface area contributed by atoms with Crippen LogP contribution in [0.1, 0.15) is 44.2 Å². The van der Waals surface area contributed by atoms with Crippen molar-refractivity contribution in [1.29, 1.82) is 0 Å². The number of furan rings is 1. The van der Waals surface area contributed by atoms with Crippen LogP contribution < -0.4 is 5.32 Å². The van der Waals surface area contributed by atoms with Gasteiger partial charge in [0.2, 0.25) is 11.7 Å². The number of aryl methyl sites for hydroxylation is 1. The van der Waals surface area contributed by atoms with E-state index in [0.717, 1.165) is 18.5 Å². The van der Waals surface area contributed by atoms with Gasteiger partial charge in [-0.25, -0.2) is 0 Å². The number of rotatable bonds is 2. The summed E-state index contributed by atoms with van der Waals surface area (Å²) in [6.07, 6.45) is 3.98. The summed E-state index contributed by atoms with van der Waals surface area (Å²) in [7, 11) is 0. The molecule has 1 N–H and O–H groups in total. The van der Waals surface area contributed by atoms with Gasteiger partial charge in [0.05, 0.1) is 12.3 Å². The van der Waals surface area contributed by atoms with Crippen LogP contribution in [-0.2, 0) is 0 Å². The van der Waals surface area contributed by atoms with E-state index in [1.165, 1.54) is 6.42 Å². The number of hydrogen-bond acceptors (Lipinski definition) is 5. The Bertz CT molecular complexity index is 571. The van der Waals surface area contributed by atoms with Crippen molar-refractivity contribution in [3.63, 3.8) is 0 Å². The fraction of sp³-hybridized carbons (Fsp3) is 0.571. The van der Waals surface area contributed by atoms with Crippen molar-refractivity contribution < 1.29 is 8.94 Å². The van der Waals surface area contributed by atoms with E-state index < -0.39 is 0 Å². The van der Waals surface area contributed by atoms with Gasteiger partial charge in [0, 0.05) is 0 Å². The molecule has 0 saturated carbocycles. The van der Waals surface area contributed by atoms with Crippen LogP contribution in [0.15, 0.2) is 21.3 Å². The lowest BCUT2D eigenvalue weighted by molar-refractivity contribution is 0.146. The van der Waals surface area contributed by atoms with Crippen LogP contribution in [0.3, 0.4) is 0 Å². The Hall–Kier alpha value is -1.62. The molecule has 5 heteroatoms. The SMILES string of the molecule is Cc1ccoc1-c1noc(C2NCCCC2(C)C)n1. The second-order valence-corrected chi connectivity index (χ2v) is 5.87. The van der Waals surface area contributed by atoms with E-state index in [0.29, 0.717) is 17.5 Å². The monoisotopic (exact) mass is 261 g/mol. The van der Waals surface area contributed by atoms with Gasteiger partial charge in [0.1, 0.15) is 0 Å². The number of nitrogens with one attached hydrogen (secondary N) is 1. The van der Waals surface area contributed by atoms with Crippen LogP contribution in [0.4, 0.5) is 0 Å². The van der Waals surface area contributed by atoms with Crippen molar-refractivity contribution in [3.05, 3.63) is 23.8 Å². The predicted molar refractivity (Wildman–Crippen MR) is 70.5 cm³/mol. The number of nitrogens with zero attached hydrogens (tertiary/aromatic N) is 2. The molecule has 0 radical (unpaired) electrons. The van der Waals surface area contributed by atoms with Gasteiger partial charge < -0.3 is 14.3 Å². The maximum atomic E-state index is 5.43. The normalized spacial score (nSPS) is 22.6. The minimum atomic E-state index is 0.109. The number of piperidine rings is 1.